The zero-order chi connectivity index (χ0) is 20.4. The van der Waals surface area contributed by atoms with Crippen molar-refractivity contribution in [3.8, 4) is 10.6 Å². The van der Waals surface area contributed by atoms with Crippen molar-refractivity contribution in [1.29, 1.82) is 0 Å². The zero-order valence-electron chi connectivity index (χ0n) is 16.3. The highest BCUT2D eigenvalue weighted by Gasteiger charge is 2.15. The van der Waals surface area contributed by atoms with E-state index in [4.69, 9.17) is 16.6 Å². The fourth-order valence-electron chi connectivity index (χ4n) is 2.95. The fourth-order valence-corrected chi connectivity index (χ4v) is 4.16. The Morgan fingerprint density at radius 3 is 2.62 bits per heavy atom. The van der Waals surface area contributed by atoms with Gasteiger partial charge in [-0.2, -0.15) is 0 Å². The molecule has 0 aliphatic rings. The minimum Gasteiger partial charge on any atom is -0.324 e. The van der Waals surface area contributed by atoms with Crippen LogP contribution < -0.4 is 10.2 Å². The maximum absolute atomic E-state index is 6.06. The summed E-state index contributed by atoms with van der Waals surface area (Å²) in [4.78, 5) is 16.9. The summed E-state index contributed by atoms with van der Waals surface area (Å²) in [6.45, 7) is 4.09. The van der Waals surface area contributed by atoms with Gasteiger partial charge in [0, 0.05) is 29.6 Å². The summed E-state index contributed by atoms with van der Waals surface area (Å²) in [5.41, 5.74) is 4.95. The molecule has 0 radical (unpaired) electrons. The molecule has 4 rings (SSSR count). The Kier molecular flexibility index (Phi) is 5.47. The second-order valence-electron chi connectivity index (χ2n) is 6.71. The van der Waals surface area contributed by atoms with Crippen molar-refractivity contribution in [2.45, 2.75) is 13.8 Å². The number of anilines is 4. The van der Waals surface area contributed by atoms with Gasteiger partial charge in [-0.25, -0.2) is 15.0 Å². The molecule has 1 N–H and O–H groups in total. The highest BCUT2D eigenvalue weighted by atomic mass is 35.5. The maximum Gasteiger partial charge on any atom is 0.227 e. The molecule has 0 saturated heterocycles. The van der Waals surface area contributed by atoms with Crippen molar-refractivity contribution in [1.82, 2.24) is 15.0 Å². The van der Waals surface area contributed by atoms with E-state index < -0.39 is 0 Å². The molecule has 0 unspecified atom stereocenters. The number of halogens is 1. The zero-order valence-corrected chi connectivity index (χ0v) is 17.9. The van der Waals surface area contributed by atoms with Gasteiger partial charge in [0.1, 0.15) is 0 Å². The van der Waals surface area contributed by atoms with Gasteiger partial charge in [0.25, 0.3) is 0 Å². The third-order valence-electron chi connectivity index (χ3n) is 4.43. The highest BCUT2D eigenvalue weighted by molar-refractivity contribution is 7.19. The average molecular weight is 422 g/mol. The number of nitrogens with zero attached hydrogens (tertiary/aromatic N) is 4. The van der Waals surface area contributed by atoms with E-state index in [0.717, 1.165) is 32.8 Å². The predicted molar refractivity (Wildman–Crippen MR) is 122 cm³/mol. The van der Waals surface area contributed by atoms with Gasteiger partial charge in [-0.05, 0) is 55.8 Å². The molecule has 2 aromatic heterocycles. The van der Waals surface area contributed by atoms with Crippen molar-refractivity contribution in [2.75, 3.05) is 17.3 Å². The van der Waals surface area contributed by atoms with Crippen LogP contribution in [0.4, 0.5) is 22.5 Å². The van der Waals surface area contributed by atoms with E-state index in [9.17, 15) is 0 Å². The van der Waals surface area contributed by atoms with Gasteiger partial charge < -0.3 is 10.2 Å². The van der Waals surface area contributed by atoms with Crippen LogP contribution in [0.3, 0.4) is 0 Å². The standard InChI is InChI=1S/C22H20ClN5S/c1-14-6-4-9-18(12-14)28(3)22-25-15(2)20(29-22)19-10-11-24-21(27-19)26-17-8-5-7-16(23)13-17/h4-13H,1-3H3,(H,24,26,27). The molecule has 146 valence electrons. The monoisotopic (exact) mass is 421 g/mol. The molecule has 29 heavy (non-hydrogen) atoms. The lowest BCUT2D eigenvalue weighted by molar-refractivity contribution is 1.13. The van der Waals surface area contributed by atoms with Crippen LogP contribution in [0, 0.1) is 13.8 Å². The quantitative estimate of drug-likeness (QED) is 0.405. The molecule has 5 nitrogen and oxygen atoms in total. The van der Waals surface area contributed by atoms with Crippen molar-refractivity contribution in [3.05, 3.63) is 77.1 Å². The Morgan fingerprint density at radius 2 is 1.83 bits per heavy atom. The lowest BCUT2D eigenvalue weighted by Crippen LogP contribution is -2.08. The number of thiazole rings is 1. The number of nitrogens with one attached hydrogen (secondary N) is 1. The first-order valence-corrected chi connectivity index (χ1v) is 10.3. The summed E-state index contributed by atoms with van der Waals surface area (Å²) in [5, 5.41) is 4.79. The summed E-state index contributed by atoms with van der Waals surface area (Å²) in [6.07, 6.45) is 1.75. The van der Waals surface area contributed by atoms with Crippen molar-refractivity contribution in [3.63, 3.8) is 0 Å². The molecule has 0 bridgehead atoms. The van der Waals surface area contributed by atoms with Gasteiger partial charge in [-0.1, -0.05) is 41.1 Å². The molecule has 4 aromatic rings. The van der Waals surface area contributed by atoms with Gasteiger partial charge in [0.05, 0.1) is 16.3 Å². The van der Waals surface area contributed by atoms with Gasteiger partial charge in [0.15, 0.2) is 5.13 Å². The highest BCUT2D eigenvalue weighted by Crippen LogP contribution is 2.36. The number of aryl methyl sites for hydroxylation is 2. The Hall–Kier alpha value is -2.96. The van der Waals surface area contributed by atoms with E-state index >= 15 is 0 Å². The molecule has 0 fully saturated rings. The van der Waals surface area contributed by atoms with E-state index in [-0.39, 0.29) is 0 Å². The van der Waals surface area contributed by atoms with E-state index in [1.54, 1.807) is 17.5 Å². The molecule has 0 saturated carbocycles. The van der Waals surface area contributed by atoms with Crippen LogP contribution in [-0.2, 0) is 0 Å². The normalized spacial score (nSPS) is 10.8. The number of benzene rings is 2. The topological polar surface area (TPSA) is 53.9 Å². The fraction of sp³-hybridized carbons (Fsp3) is 0.136. The first kappa shape index (κ1) is 19.4. The Balaban J connectivity index is 1.62. The summed E-state index contributed by atoms with van der Waals surface area (Å²) in [5.74, 6) is 0.520. The second kappa shape index (κ2) is 8.19. The first-order valence-electron chi connectivity index (χ1n) is 9.13. The largest absolute Gasteiger partial charge is 0.324 e. The number of aromatic nitrogens is 3. The minimum atomic E-state index is 0.520. The lowest BCUT2D eigenvalue weighted by atomic mass is 10.2. The summed E-state index contributed by atoms with van der Waals surface area (Å²) in [7, 11) is 2.03. The molecule has 0 aliphatic heterocycles. The third-order valence-corrected chi connectivity index (χ3v) is 5.92. The molecule has 0 amide bonds. The van der Waals surface area contributed by atoms with E-state index in [1.807, 2.05) is 44.3 Å². The van der Waals surface area contributed by atoms with E-state index in [2.05, 4.69) is 51.4 Å². The van der Waals surface area contributed by atoms with E-state index in [1.165, 1.54) is 5.56 Å². The van der Waals surface area contributed by atoms with Crippen LogP contribution in [0.2, 0.25) is 5.02 Å². The molecule has 2 heterocycles. The van der Waals surface area contributed by atoms with Crippen molar-refractivity contribution >= 4 is 45.4 Å². The van der Waals surface area contributed by atoms with Crippen LogP contribution in [0.15, 0.2) is 60.8 Å². The maximum atomic E-state index is 6.06. The third kappa shape index (κ3) is 4.39. The molecule has 0 atom stereocenters. The summed E-state index contributed by atoms with van der Waals surface area (Å²) < 4.78 is 0. The molecular weight excluding hydrogens is 402 g/mol. The molecule has 0 spiro atoms. The van der Waals surface area contributed by atoms with Crippen LogP contribution in [-0.4, -0.2) is 22.0 Å². The van der Waals surface area contributed by atoms with Crippen LogP contribution in [0.25, 0.3) is 10.6 Å². The molecule has 0 aliphatic carbocycles. The summed E-state index contributed by atoms with van der Waals surface area (Å²) >= 11 is 7.67. The van der Waals surface area contributed by atoms with Gasteiger partial charge in [-0.15, -0.1) is 0 Å². The first-order chi connectivity index (χ1) is 14.0. The molecule has 7 heteroatoms. The van der Waals surface area contributed by atoms with Crippen molar-refractivity contribution < 1.29 is 0 Å². The SMILES string of the molecule is Cc1cccc(N(C)c2nc(C)c(-c3ccnc(Nc4cccc(Cl)c4)n3)s2)c1. The van der Waals surface area contributed by atoms with Crippen molar-refractivity contribution in [2.24, 2.45) is 0 Å². The summed E-state index contributed by atoms with van der Waals surface area (Å²) in [6, 6.07) is 17.8. The molecular formula is C22H20ClN5S. The Morgan fingerprint density at radius 1 is 1.00 bits per heavy atom. The van der Waals surface area contributed by atoms with Gasteiger partial charge in [-0.3, -0.25) is 0 Å². The van der Waals surface area contributed by atoms with Gasteiger partial charge in [0.2, 0.25) is 5.95 Å². The number of rotatable bonds is 5. The number of hydrogen-bond donors (Lipinski definition) is 1. The van der Waals surface area contributed by atoms with Gasteiger partial charge >= 0.3 is 0 Å². The van der Waals surface area contributed by atoms with Crippen LogP contribution in [0.5, 0.6) is 0 Å². The van der Waals surface area contributed by atoms with Crippen LogP contribution >= 0.6 is 22.9 Å². The van der Waals surface area contributed by atoms with E-state index in [0.29, 0.717) is 11.0 Å². The smallest absolute Gasteiger partial charge is 0.227 e. The predicted octanol–water partition coefficient (Wildman–Crippen LogP) is 6.38. The Bertz CT molecular complexity index is 1160. The lowest BCUT2D eigenvalue weighted by Gasteiger charge is -2.16. The van der Waals surface area contributed by atoms with Crippen LogP contribution in [0.1, 0.15) is 11.3 Å². The minimum absolute atomic E-state index is 0.520. The number of hydrogen-bond acceptors (Lipinski definition) is 6. The second-order valence-corrected chi connectivity index (χ2v) is 8.12. The average Bonchev–Trinajstić information content (AvgIpc) is 3.09. The Labute approximate surface area is 179 Å². The molecule has 2 aromatic carbocycles.